The second kappa shape index (κ2) is 7.01. The molecule has 0 bridgehead atoms. The predicted octanol–water partition coefficient (Wildman–Crippen LogP) is -4.37. The molecule has 0 saturated carbocycles. The van der Waals surface area contributed by atoms with E-state index >= 15 is 0 Å². The molecule has 0 spiro atoms. The first-order valence-electron chi connectivity index (χ1n) is 6.93. The molecule has 0 amide bonds. The van der Waals surface area contributed by atoms with Crippen molar-refractivity contribution < 1.29 is 50.0 Å². The summed E-state index contributed by atoms with van der Waals surface area (Å²) in [5, 5.41) is 67.3. The summed E-state index contributed by atoms with van der Waals surface area (Å²) < 4.78 is 15.4. The van der Waals surface area contributed by atoms with Gasteiger partial charge in [-0.15, -0.1) is 0 Å². The minimum absolute atomic E-state index is 0.630. The van der Waals surface area contributed by atoms with Gasteiger partial charge in [-0.1, -0.05) is 0 Å². The van der Waals surface area contributed by atoms with Crippen molar-refractivity contribution >= 4 is 0 Å². The van der Waals surface area contributed by atoms with Gasteiger partial charge in [0.2, 0.25) is 0 Å². The molecular formula is C12H22O10. The molecule has 7 N–H and O–H groups in total. The van der Waals surface area contributed by atoms with Crippen LogP contribution in [0, 0.1) is 0 Å². The van der Waals surface area contributed by atoms with Gasteiger partial charge in [0.1, 0.15) is 42.7 Å². The van der Waals surface area contributed by atoms with Crippen LogP contribution in [0.1, 0.15) is 6.92 Å². The van der Waals surface area contributed by atoms with Crippen LogP contribution in [0.15, 0.2) is 0 Å². The standard InChI is InChI=1S/C12H22O10/c1-3-5(14)6(15)9(18)12(20-3)22-10-4(2-13)21-11(19)8(17)7(10)16/h3-19H,2H2,1H3/t3-,4+,5-,6+,7+,8+,9+,10-,11?,12+/m0/s1. The van der Waals surface area contributed by atoms with E-state index in [9.17, 15) is 35.7 Å². The van der Waals surface area contributed by atoms with E-state index in [1.54, 1.807) is 0 Å². The Morgan fingerprint density at radius 1 is 0.818 bits per heavy atom. The minimum atomic E-state index is -1.70. The molecule has 22 heavy (non-hydrogen) atoms. The molecule has 130 valence electrons. The average molecular weight is 326 g/mol. The first-order chi connectivity index (χ1) is 10.3. The van der Waals surface area contributed by atoms with E-state index in [0.717, 1.165) is 0 Å². The van der Waals surface area contributed by atoms with E-state index in [2.05, 4.69) is 0 Å². The third-order valence-corrected chi connectivity index (χ3v) is 3.94. The van der Waals surface area contributed by atoms with Gasteiger partial charge in [-0.05, 0) is 6.92 Å². The fourth-order valence-electron chi connectivity index (χ4n) is 2.52. The molecule has 0 aromatic heterocycles. The molecule has 0 aromatic carbocycles. The largest absolute Gasteiger partial charge is 0.394 e. The van der Waals surface area contributed by atoms with E-state index < -0.39 is 68.0 Å². The van der Waals surface area contributed by atoms with Crippen LogP contribution in [0.2, 0.25) is 0 Å². The van der Waals surface area contributed by atoms with Crippen molar-refractivity contribution in [3.8, 4) is 0 Å². The zero-order valence-corrected chi connectivity index (χ0v) is 11.8. The molecule has 2 rings (SSSR count). The van der Waals surface area contributed by atoms with Crippen LogP contribution in [0.5, 0.6) is 0 Å². The molecule has 2 aliphatic rings. The van der Waals surface area contributed by atoms with E-state index in [0.29, 0.717) is 0 Å². The number of rotatable bonds is 3. The molecule has 0 aromatic rings. The van der Waals surface area contributed by atoms with E-state index in [-0.39, 0.29) is 0 Å². The smallest absolute Gasteiger partial charge is 0.187 e. The van der Waals surface area contributed by atoms with Crippen LogP contribution in [0.4, 0.5) is 0 Å². The number of hydrogen-bond donors (Lipinski definition) is 7. The Hall–Kier alpha value is -0.400. The van der Waals surface area contributed by atoms with Gasteiger partial charge >= 0.3 is 0 Å². The number of aliphatic hydroxyl groups excluding tert-OH is 7. The summed E-state index contributed by atoms with van der Waals surface area (Å²) in [4.78, 5) is 0. The Morgan fingerprint density at radius 2 is 1.45 bits per heavy atom. The maximum Gasteiger partial charge on any atom is 0.187 e. The van der Waals surface area contributed by atoms with Crippen LogP contribution >= 0.6 is 0 Å². The molecule has 10 atom stereocenters. The minimum Gasteiger partial charge on any atom is -0.394 e. The van der Waals surface area contributed by atoms with E-state index in [4.69, 9.17) is 14.2 Å². The van der Waals surface area contributed by atoms with Crippen molar-refractivity contribution in [3.63, 3.8) is 0 Å². The molecule has 1 unspecified atom stereocenters. The molecule has 10 nitrogen and oxygen atoms in total. The summed E-state index contributed by atoms with van der Waals surface area (Å²) in [5.41, 5.74) is 0. The lowest BCUT2D eigenvalue weighted by Crippen LogP contribution is -2.63. The first kappa shape index (κ1) is 17.9. The summed E-state index contributed by atoms with van der Waals surface area (Å²) in [6, 6.07) is 0. The van der Waals surface area contributed by atoms with E-state index in [1.165, 1.54) is 6.92 Å². The maximum absolute atomic E-state index is 9.93. The van der Waals surface area contributed by atoms with E-state index in [1.807, 2.05) is 0 Å². The Kier molecular flexibility index (Phi) is 5.72. The lowest BCUT2D eigenvalue weighted by Gasteiger charge is -2.44. The van der Waals surface area contributed by atoms with Crippen molar-refractivity contribution in [2.45, 2.75) is 68.3 Å². The Bertz CT molecular complexity index is 366. The second-order valence-electron chi connectivity index (χ2n) is 5.51. The molecule has 2 heterocycles. The molecule has 2 fully saturated rings. The first-order valence-corrected chi connectivity index (χ1v) is 6.93. The van der Waals surface area contributed by atoms with Crippen LogP contribution in [-0.4, -0.2) is 104 Å². The quantitative estimate of drug-likeness (QED) is 0.269. The van der Waals surface area contributed by atoms with Gasteiger partial charge in [0.25, 0.3) is 0 Å². The topological polar surface area (TPSA) is 169 Å². The van der Waals surface area contributed by atoms with Crippen molar-refractivity contribution in [1.29, 1.82) is 0 Å². The van der Waals surface area contributed by atoms with Gasteiger partial charge in [0.05, 0.1) is 12.7 Å². The van der Waals surface area contributed by atoms with Crippen molar-refractivity contribution in [2.24, 2.45) is 0 Å². The summed E-state index contributed by atoms with van der Waals surface area (Å²) in [6.07, 6.45) is -14.2. The van der Waals surface area contributed by atoms with Crippen molar-refractivity contribution in [1.82, 2.24) is 0 Å². The highest BCUT2D eigenvalue weighted by atomic mass is 16.7. The second-order valence-corrected chi connectivity index (χ2v) is 5.51. The summed E-state index contributed by atoms with van der Waals surface area (Å²) in [6.45, 7) is 0.821. The number of aliphatic hydroxyl groups is 7. The zero-order chi connectivity index (χ0) is 16.6. The van der Waals surface area contributed by atoms with Crippen LogP contribution < -0.4 is 0 Å². The summed E-state index contributed by atoms with van der Waals surface area (Å²) in [7, 11) is 0. The van der Waals surface area contributed by atoms with Crippen LogP contribution in [0.3, 0.4) is 0 Å². The molecule has 2 saturated heterocycles. The SMILES string of the molecule is C[C@@H]1O[C@H](O[C@@H]2[C@H](O)[C@@H](O)C(O)O[C@@H]2CO)[C@H](O)[C@H](O)[C@H]1O. The molecule has 2 aliphatic heterocycles. The molecule has 0 radical (unpaired) electrons. The van der Waals surface area contributed by atoms with Gasteiger partial charge in [0, 0.05) is 0 Å². The fourth-order valence-corrected chi connectivity index (χ4v) is 2.52. The fraction of sp³-hybridized carbons (Fsp3) is 1.00. The molecule has 10 heteroatoms. The van der Waals surface area contributed by atoms with Gasteiger partial charge in [0.15, 0.2) is 12.6 Å². The van der Waals surface area contributed by atoms with Gasteiger partial charge in [-0.25, -0.2) is 0 Å². The van der Waals surface area contributed by atoms with Crippen LogP contribution in [0.25, 0.3) is 0 Å². The van der Waals surface area contributed by atoms with Gasteiger partial charge in [-0.3, -0.25) is 0 Å². The van der Waals surface area contributed by atoms with Gasteiger partial charge < -0.3 is 50.0 Å². The van der Waals surface area contributed by atoms with Crippen LogP contribution in [-0.2, 0) is 14.2 Å². The van der Waals surface area contributed by atoms with Crippen molar-refractivity contribution in [2.75, 3.05) is 6.61 Å². The molecule has 0 aliphatic carbocycles. The third-order valence-electron chi connectivity index (χ3n) is 3.94. The third kappa shape index (κ3) is 3.26. The number of hydrogen-bond acceptors (Lipinski definition) is 10. The predicted molar refractivity (Wildman–Crippen MR) is 67.2 cm³/mol. The monoisotopic (exact) mass is 326 g/mol. The highest BCUT2D eigenvalue weighted by Gasteiger charge is 2.49. The Balaban J connectivity index is 2.10. The zero-order valence-electron chi connectivity index (χ0n) is 11.8. The highest BCUT2D eigenvalue weighted by Crippen LogP contribution is 2.28. The van der Waals surface area contributed by atoms with Gasteiger partial charge in [-0.2, -0.15) is 0 Å². The maximum atomic E-state index is 9.93. The van der Waals surface area contributed by atoms with Crippen molar-refractivity contribution in [3.05, 3.63) is 0 Å². The Labute approximate surface area is 126 Å². The Morgan fingerprint density at radius 3 is 2.05 bits per heavy atom. The lowest BCUT2D eigenvalue weighted by atomic mass is 9.97. The highest BCUT2D eigenvalue weighted by molar-refractivity contribution is 4.93. The number of ether oxygens (including phenoxy) is 3. The normalized spacial score (nSPS) is 53.5. The lowest BCUT2D eigenvalue weighted by molar-refractivity contribution is -0.352. The average Bonchev–Trinajstić information content (AvgIpc) is 2.50. The summed E-state index contributed by atoms with van der Waals surface area (Å²) >= 11 is 0. The molecular weight excluding hydrogens is 304 g/mol. The summed E-state index contributed by atoms with van der Waals surface area (Å²) in [5.74, 6) is 0.